The van der Waals surface area contributed by atoms with E-state index < -0.39 is 30.6 Å². The number of carbonyl (C=O) groups excluding carboxylic acids is 3. The first-order chi connectivity index (χ1) is 8.06. The summed E-state index contributed by atoms with van der Waals surface area (Å²) in [5.74, 6) is -2.52. The normalized spacial score (nSPS) is 21.1. The van der Waals surface area contributed by atoms with Crippen molar-refractivity contribution in [3.63, 3.8) is 0 Å². The van der Waals surface area contributed by atoms with Gasteiger partial charge < -0.3 is 14.2 Å². The van der Waals surface area contributed by atoms with E-state index in [4.69, 9.17) is 4.74 Å². The van der Waals surface area contributed by atoms with Crippen molar-refractivity contribution in [3.8, 4) is 0 Å². The average Bonchev–Trinajstić information content (AvgIpc) is 2.40. The minimum Gasteiger partial charge on any atom is -0.400 e. The summed E-state index contributed by atoms with van der Waals surface area (Å²) in [5, 5.41) is 0. The van der Waals surface area contributed by atoms with Gasteiger partial charge in [0.1, 0.15) is 6.42 Å². The van der Waals surface area contributed by atoms with Crippen molar-refractivity contribution in [2.45, 2.75) is 39.6 Å². The number of esters is 2. The first-order valence-electron chi connectivity index (χ1n) is 5.61. The van der Waals surface area contributed by atoms with Crippen molar-refractivity contribution in [3.05, 3.63) is 0 Å². The maximum atomic E-state index is 11.1. The maximum absolute atomic E-state index is 11.1. The fourth-order valence-electron chi connectivity index (χ4n) is 1.34. The van der Waals surface area contributed by atoms with Gasteiger partial charge in [0.25, 0.3) is 5.78 Å². The second kappa shape index (κ2) is 6.34. The molecule has 0 amide bonds. The van der Waals surface area contributed by atoms with Gasteiger partial charge in [0.15, 0.2) is 0 Å². The number of hydrogen-bond acceptors (Lipinski definition) is 6. The van der Waals surface area contributed by atoms with E-state index in [9.17, 15) is 14.4 Å². The summed E-state index contributed by atoms with van der Waals surface area (Å²) < 4.78 is 14.4. The smallest absolute Gasteiger partial charge is 0.380 e. The van der Waals surface area contributed by atoms with Crippen molar-refractivity contribution in [1.82, 2.24) is 0 Å². The minimum absolute atomic E-state index is 0.298. The predicted molar refractivity (Wildman–Crippen MR) is 55.6 cm³/mol. The number of cyclic esters (lactones) is 2. The molecule has 1 saturated heterocycles. The lowest BCUT2D eigenvalue weighted by Gasteiger charge is -2.18. The van der Waals surface area contributed by atoms with E-state index in [1.165, 1.54) is 0 Å². The molecule has 0 bridgehead atoms. The van der Waals surface area contributed by atoms with E-state index in [2.05, 4.69) is 9.47 Å². The van der Waals surface area contributed by atoms with E-state index in [1.54, 1.807) is 0 Å². The Balaban J connectivity index is 2.50. The molecule has 0 aromatic carbocycles. The summed E-state index contributed by atoms with van der Waals surface area (Å²) in [6.07, 6.45) is 1.22. The molecule has 0 N–H and O–H groups in total. The molecule has 6 heteroatoms. The Kier molecular flexibility index (Phi) is 5.09. The molecular weight excluding hydrogens is 228 g/mol. The summed E-state index contributed by atoms with van der Waals surface area (Å²) in [5.41, 5.74) is 0. The molecule has 1 aliphatic heterocycles. The van der Waals surface area contributed by atoms with Crippen molar-refractivity contribution in [2.24, 2.45) is 5.92 Å². The van der Waals surface area contributed by atoms with Gasteiger partial charge in [-0.15, -0.1) is 0 Å². The lowest BCUT2D eigenvalue weighted by Crippen LogP contribution is -2.27. The molecule has 0 radical (unpaired) electrons. The van der Waals surface area contributed by atoms with Crippen LogP contribution in [0.15, 0.2) is 0 Å². The second-order valence-corrected chi connectivity index (χ2v) is 3.80. The van der Waals surface area contributed by atoms with Gasteiger partial charge in [-0.25, -0.2) is 4.79 Å². The van der Waals surface area contributed by atoms with Crippen LogP contribution in [0.3, 0.4) is 0 Å². The molecule has 1 fully saturated rings. The van der Waals surface area contributed by atoms with Gasteiger partial charge in [-0.2, -0.15) is 0 Å². The van der Waals surface area contributed by atoms with E-state index in [0.29, 0.717) is 12.5 Å². The van der Waals surface area contributed by atoms with Crippen LogP contribution in [0, 0.1) is 5.92 Å². The van der Waals surface area contributed by atoms with Crippen LogP contribution >= 0.6 is 0 Å². The highest BCUT2D eigenvalue weighted by atomic mass is 16.9. The molecule has 17 heavy (non-hydrogen) atoms. The van der Waals surface area contributed by atoms with Gasteiger partial charge in [0.05, 0.1) is 6.61 Å². The van der Waals surface area contributed by atoms with Gasteiger partial charge in [-0.3, -0.25) is 9.59 Å². The summed E-state index contributed by atoms with van der Waals surface area (Å²) in [6, 6.07) is 0. The summed E-state index contributed by atoms with van der Waals surface area (Å²) in [6.45, 7) is 2.92. The van der Waals surface area contributed by atoms with E-state index in [1.807, 2.05) is 13.8 Å². The number of ether oxygens (including phenoxy) is 3. The third-order valence-corrected chi connectivity index (χ3v) is 2.59. The average molecular weight is 244 g/mol. The Morgan fingerprint density at radius 2 is 1.88 bits per heavy atom. The Labute approximate surface area is 99.2 Å². The molecule has 0 saturated carbocycles. The minimum atomic E-state index is -1.40. The first-order valence-corrected chi connectivity index (χ1v) is 5.61. The van der Waals surface area contributed by atoms with Crippen LogP contribution in [0.25, 0.3) is 0 Å². The standard InChI is InChI=1S/C11H16O6/c1-3-7(4-2)6-15-11-16-9(13)5-8(12)10(14)17-11/h7,11H,3-6H2,1-2H3. The number of hydrogen-bond donors (Lipinski definition) is 0. The van der Waals surface area contributed by atoms with Crippen LogP contribution in [-0.2, 0) is 28.6 Å². The van der Waals surface area contributed by atoms with Gasteiger partial charge in [0.2, 0.25) is 0 Å². The highest BCUT2D eigenvalue weighted by molar-refractivity contribution is 6.37. The van der Waals surface area contributed by atoms with Gasteiger partial charge in [-0.1, -0.05) is 26.7 Å². The molecule has 0 aliphatic carbocycles. The number of ketones is 1. The molecule has 1 aliphatic rings. The van der Waals surface area contributed by atoms with Crippen LogP contribution < -0.4 is 0 Å². The monoisotopic (exact) mass is 244 g/mol. The lowest BCUT2D eigenvalue weighted by atomic mass is 10.1. The molecule has 0 spiro atoms. The summed E-state index contributed by atoms with van der Waals surface area (Å²) in [7, 11) is 0. The van der Waals surface area contributed by atoms with E-state index in [-0.39, 0.29) is 0 Å². The quantitative estimate of drug-likeness (QED) is 0.404. The Morgan fingerprint density at radius 1 is 1.24 bits per heavy atom. The Hall–Kier alpha value is -1.43. The van der Waals surface area contributed by atoms with Gasteiger partial charge in [-0.05, 0) is 5.92 Å². The third kappa shape index (κ3) is 4.14. The molecule has 1 unspecified atom stereocenters. The first kappa shape index (κ1) is 13.6. The molecule has 6 nitrogen and oxygen atoms in total. The second-order valence-electron chi connectivity index (χ2n) is 3.80. The zero-order valence-electron chi connectivity index (χ0n) is 9.93. The number of rotatable bonds is 5. The lowest BCUT2D eigenvalue weighted by molar-refractivity contribution is -0.263. The van der Waals surface area contributed by atoms with Crippen LogP contribution in [0.2, 0.25) is 0 Å². The molecule has 1 atom stereocenters. The van der Waals surface area contributed by atoms with Crippen molar-refractivity contribution < 1.29 is 28.6 Å². The molecule has 96 valence electrons. The number of carbonyl (C=O) groups is 3. The third-order valence-electron chi connectivity index (χ3n) is 2.59. The zero-order chi connectivity index (χ0) is 12.8. The van der Waals surface area contributed by atoms with Crippen molar-refractivity contribution in [2.75, 3.05) is 6.61 Å². The Morgan fingerprint density at radius 3 is 2.47 bits per heavy atom. The van der Waals surface area contributed by atoms with Gasteiger partial charge in [0, 0.05) is 0 Å². The molecular formula is C11H16O6. The summed E-state index contributed by atoms with van der Waals surface area (Å²) >= 11 is 0. The van der Waals surface area contributed by atoms with Crippen LogP contribution in [0.1, 0.15) is 33.1 Å². The molecule has 0 aromatic rings. The molecule has 0 aromatic heterocycles. The fraction of sp³-hybridized carbons (Fsp3) is 0.727. The molecule has 1 rings (SSSR count). The van der Waals surface area contributed by atoms with Gasteiger partial charge >= 0.3 is 18.4 Å². The fourth-order valence-corrected chi connectivity index (χ4v) is 1.34. The summed E-state index contributed by atoms with van der Waals surface area (Å²) in [4.78, 5) is 33.1. The zero-order valence-corrected chi connectivity index (χ0v) is 9.93. The predicted octanol–water partition coefficient (Wildman–Crippen LogP) is 0.782. The highest BCUT2D eigenvalue weighted by Crippen LogP contribution is 2.13. The largest absolute Gasteiger partial charge is 0.400 e. The van der Waals surface area contributed by atoms with E-state index in [0.717, 1.165) is 12.8 Å². The van der Waals surface area contributed by atoms with E-state index >= 15 is 0 Å². The SMILES string of the molecule is CCC(CC)COC1OC(=O)CC(=O)C(=O)O1. The Bertz CT molecular complexity index is 307. The van der Waals surface area contributed by atoms with Crippen LogP contribution in [0.5, 0.6) is 0 Å². The number of Topliss-reactive ketones (excluding diaryl/α,β-unsaturated/α-hetero) is 1. The maximum Gasteiger partial charge on any atom is 0.380 e. The topological polar surface area (TPSA) is 78.9 Å². The van der Waals surface area contributed by atoms with Crippen LogP contribution in [0.4, 0.5) is 0 Å². The van der Waals surface area contributed by atoms with Crippen molar-refractivity contribution >= 4 is 17.7 Å². The van der Waals surface area contributed by atoms with Crippen molar-refractivity contribution in [1.29, 1.82) is 0 Å². The van der Waals surface area contributed by atoms with Crippen LogP contribution in [-0.4, -0.2) is 30.8 Å². The highest BCUT2D eigenvalue weighted by Gasteiger charge is 2.31. The molecule has 1 heterocycles.